The number of nitrogens with two attached hydrogens (primary N) is 1. The molecule has 1 rings (SSSR count). The third-order valence-corrected chi connectivity index (χ3v) is 4.10. The number of halogens is 1. The molecule has 0 aromatic heterocycles. The summed E-state index contributed by atoms with van der Waals surface area (Å²) < 4.78 is 6.94. The van der Waals surface area contributed by atoms with Gasteiger partial charge in [0, 0.05) is 10.5 Å². The monoisotopic (exact) mass is 341 g/mol. The van der Waals surface area contributed by atoms with Crippen molar-refractivity contribution in [1.29, 1.82) is 0 Å². The molecule has 1 aromatic carbocycles. The van der Waals surface area contributed by atoms with E-state index >= 15 is 0 Å². The lowest BCUT2D eigenvalue weighted by atomic mass is 10.1. The lowest BCUT2D eigenvalue weighted by molar-refractivity contribution is 0.304. The van der Waals surface area contributed by atoms with Crippen LogP contribution in [0.1, 0.15) is 57.9 Å². The largest absolute Gasteiger partial charge is 0.494 e. The van der Waals surface area contributed by atoms with E-state index in [1.807, 2.05) is 19.1 Å². The molecule has 0 aliphatic rings. The summed E-state index contributed by atoms with van der Waals surface area (Å²) in [5.74, 6) is 0.956. The summed E-state index contributed by atoms with van der Waals surface area (Å²) in [5.41, 5.74) is 7.08. The Morgan fingerprint density at radius 3 is 2.55 bits per heavy atom. The van der Waals surface area contributed by atoms with Crippen LogP contribution in [-0.4, -0.2) is 12.6 Å². The Balaban J connectivity index is 2.29. The smallest absolute Gasteiger partial charge is 0.119 e. The maximum absolute atomic E-state index is 5.86. The van der Waals surface area contributed by atoms with Crippen molar-refractivity contribution in [2.75, 3.05) is 6.61 Å². The van der Waals surface area contributed by atoms with E-state index < -0.39 is 0 Å². The van der Waals surface area contributed by atoms with Gasteiger partial charge < -0.3 is 10.5 Å². The zero-order valence-corrected chi connectivity index (χ0v) is 14.4. The van der Waals surface area contributed by atoms with Gasteiger partial charge in [-0.3, -0.25) is 0 Å². The minimum Gasteiger partial charge on any atom is -0.494 e. The van der Waals surface area contributed by atoms with Gasteiger partial charge in [0.1, 0.15) is 5.75 Å². The molecule has 1 unspecified atom stereocenters. The van der Waals surface area contributed by atoms with Gasteiger partial charge in [0.05, 0.1) is 6.61 Å². The summed E-state index contributed by atoms with van der Waals surface area (Å²) in [6, 6.07) is 6.34. The number of ether oxygens (including phenoxy) is 1. The number of unbranched alkanes of at least 4 members (excludes halogenated alkanes) is 5. The summed E-state index contributed by atoms with van der Waals surface area (Å²) in [6.45, 7) is 5.08. The Bertz CT molecular complexity index is 379. The van der Waals surface area contributed by atoms with Crippen molar-refractivity contribution in [3.8, 4) is 5.75 Å². The molecule has 1 atom stereocenters. The van der Waals surface area contributed by atoms with Gasteiger partial charge >= 0.3 is 0 Å². The quantitative estimate of drug-likeness (QED) is 0.602. The first-order valence-corrected chi connectivity index (χ1v) is 8.59. The molecule has 3 heteroatoms. The van der Waals surface area contributed by atoms with Crippen LogP contribution in [0.15, 0.2) is 22.7 Å². The molecule has 2 nitrogen and oxygen atoms in total. The second-order valence-electron chi connectivity index (χ2n) is 5.55. The summed E-state index contributed by atoms with van der Waals surface area (Å²) in [7, 11) is 0. The van der Waals surface area contributed by atoms with E-state index in [1.54, 1.807) is 0 Å². The summed E-state index contributed by atoms with van der Waals surface area (Å²) in [5, 5.41) is 0. The fraction of sp³-hybridized carbons (Fsp3) is 0.647. The van der Waals surface area contributed by atoms with Crippen LogP contribution in [0.5, 0.6) is 5.75 Å². The van der Waals surface area contributed by atoms with Gasteiger partial charge in [-0.1, -0.05) is 55.0 Å². The van der Waals surface area contributed by atoms with Crippen molar-refractivity contribution in [2.24, 2.45) is 5.73 Å². The van der Waals surface area contributed by atoms with E-state index in [0.717, 1.165) is 29.7 Å². The summed E-state index contributed by atoms with van der Waals surface area (Å²) in [4.78, 5) is 0. The Hall–Kier alpha value is -0.540. The van der Waals surface area contributed by atoms with Gasteiger partial charge in [-0.15, -0.1) is 0 Å². The lowest BCUT2D eigenvalue weighted by Crippen LogP contribution is -2.18. The highest BCUT2D eigenvalue weighted by Gasteiger charge is 2.05. The molecule has 20 heavy (non-hydrogen) atoms. The molecular weight excluding hydrogens is 314 g/mol. The molecule has 114 valence electrons. The first-order valence-electron chi connectivity index (χ1n) is 7.80. The fourth-order valence-electron chi connectivity index (χ4n) is 2.22. The average Bonchev–Trinajstić information content (AvgIpc) is 2.40. The Kier molecular flexibility index (Phi) is 8.95. The molecule has 0 bridgehead atoms. The van der Waals surface area contributed by atoms with Crippen LogP contribution in [0, 0.1) is 0 Å². The van der Waals surface area contributed by atoms with Crippen LogP contribution in [0.3, 0.4) is 0 Å². The molecule has 0 aliphatic heterocycles. The molecule has 0 saturated heterocycles. The first kappa shape index (κ1) is 17.5. The number of hydrogen-bond acceptors (Lipinski definition) is 2. The number of hydrogen-bond donors (Lipinski definition) is 1. The van der Waals surface area contributed by atoms with Crippen molar-refractivity contribution < 1.29 is 4.74 Å². The highest BCUT2D eigenvalue weighted by atomic mass is 79.9. The molecule has 2 N–H and O–H groups in total. The molecular formula is C17H28BrNO. The van der Waals surface area contributed by atoms with Crippen molar-refractivity contribution in [1.82, 2.24) is 0 Å². The third-order valence-electron chi connectivity index (χ3n) is 3.33. The van der Waals surface area contributed by atoms with Crippen molar-refractivity contribution in [3.63, 3.8) is 0 Å². The maximum Gasteiger partial charge on any atom is 0.119 e. The average molecular weight is 342 g/mol. The van der Waals surface area contributed by atoms with E-state index in [0.29, 0.717) is 0 Å². The number of benzene rings is 1. The number of rotatable bonds is 10. The van der Waals surface area contributed by atoms with E-state index in [-0.39, 0.29) is 6.04 Å². The van der Waals surface area contributed by atoms with Crippen molar-refractivity contribution in [3.05, 3.63) is 28.2 Å². The van der Waals surface area contributed by atoms with Crippen LogP contribution < -0.4 is 10.5 Å². The van der Waals surface area contributed by atoms with E-state index in [9.17, 15) is 0 Å². The van der Waals surface area contributed by atoms with E-state index in [4.69, 9.17) is 10.5 Å². The Morgan fingerprint density at radius 2 is 1.85 bits per heavy atom. The van der Waals surface area contributed by atoms with Gasteiger partial charge in [0.25, 0.3) is 0 Å². The second kappa shape index (κ2) is 10.2. The highest BCUT2D eigenvalue weighted by Crippen LogP contribution is 2.24. The van der Waals surface area contributed by atoms with Gasteiger partial charge in [-0.05, 0) is 43.5 Å². The fourth-order valence-corrected chi connectivity index (χ4v) is 2.63. The van der Waals surface area contributed by atoms with Crippen molar-refractivity contribution >= 4 is 15.9 Å². The summed E-state index contributed by atoms with van der Waals surface area (Å²) in [6.07, 6.45) is 8.62. The lowest BCUT2D eigenvalue weighted by Gasteiger charge is -2.11. The predicted octanol–water partition coefficient (Wildman–Crippen LogP) is 5.08. The van der Waals surface area contributed by atoms with Crippen LogP contribution in [0.25, 0.3) is 0 Å². The summed E-state index contributed by atoms with van der Waals surface area (Å²) >= 11 is 3.56. The van der Waals surface area contributed by atoms with Crippen LogP contribution in [-0.2, 0) is 6.42 Å². The zero-order chi connectivity index (χ0) is 14.8. The normalized spacial score (nSPS) is 12.4. The molecule has 0 amide bonds. The molecule has 0 saturated carbocycles. The molecule has 0 aliphatic carbocycles. The van der Waals surface area contributed by atoms with E-state index in [2.05, 4.69) is 28.9 Å². The van der Waals surface area contributed by atoms with Gasteiger partial charge in [0.2, 0.25) is 0 Å². The molecule has 1 aromatic rings. The van der Waals surface area contributed by atoms with Gasteiger partial charge in [-0.2, -0.15) is 0 Å². The minimum atomic E-state index is 0.167. The highest BCUT2D eigenvalue weighted by molar-refractivity contribution is 9.10. The van der Waals surface area contributed by atoms with Crippen LogP contribution in [0.4, 0.5) is 0 Å². The standard InChI is InChI=1S/C17H28BrNO/c1-3-4-5-6-7-8-11-20-16-9-10-17(18)15(13-16)12-14(2)19/h9-10,13-14H,3-8,11-12,19H2,1-2H3. The SMILES string of the molecule is CCCCCCCCOc1ccc(Br)c(CC(C)N)c1. The molecule has 0 radical (unpaired) electrons. The zero-order valence-electron chi connectivity index (χ0n) is 12.8. The maximum atomic E-state index is 5.86. The van der Waals surface area contributed by atoms with Crippen molar-refractivity contribution in [2.45, 2.75) is 64.8 Å². The minimum absolute atomic E-state index is 0.167. The second-order valence-corrected chi connectivity index (χ2v) is 6.41. The predicted molar refractivity (Wildman–Crippen MR) is 90.4 cm³/mol. The van der Waals surface area contributed by atoms with Crippen LogP contribution >= 0.6 is 15.9 Å². The molecule has 0 heterocycles. The first-order chi connectivity index (χ1) is 9.63. The van der Waals surface area contributed by atoms with Gasteiger partial charge in [0.15, 0.2) is 0 Å². The Morgan fingerprint density at radius 1 is 1.15 bits per heavy atom. The third kappa shape index (κ3) is 7.30. The molecule has 0 spiro atoms. The van der Waals surface area contributed by atoms with Crippen LogP contribution in [0.2, 0.25) is 0 Å². The van der Waals surface area contributed by atoms with E-state index in [1.165, 1.54) is 37.7 Å². The Labute approximate surface area is 132 Å². The molecule has 0 fully saturated rings. The topological polar surface area (TPSA) is 35.2 Å². The van der Waals surface area contributed by atoms with Gasteiger partial charge in [-0.25, -0.2) is 0 Å².